The topological polar surface area (TPSA) is 81.4 Å². The SMILES string of the molecule is COC1CCC(NS(=O)(=O)c2cc(CN)c(Cl)cc2Cl)C1. The van der Waals surface area contributed by atoms with Crippen LogP contribution in [-0.2, 0) is 21.3 Å². The zero-order valence-electron chi connectivity index (χ0n) is 11.6. The van der Waals surface area contributed by atoms with E-state index in [9.17, 15) is 8.42 Å². The van der Waals surface area contributed by atoms with Gasteiger partial charge >= 0.3 is 0 Å². The molecule has 21 heavy (non-hydrogen) atoms. The van der Waals surface area contributed by atoms with Crippen LogP contribution in [0.1, 0.15) is 24.8 Å². The monoisotopic (exact) mass is 352 g/mol. The van der Waals surface area contributed by atoms with Crippen molar-refractivity contribution in [1.29, 1.82) is 0 Å². The van der Waals surface area contributed by atoms with Gasteiger partial charge in [-0.1, -0.05) is 23.2 Å². The quantitative estimate of drug-likeness (QED) is 0.851. The van der Waals surface area contributed by atoms with Gasteiger partial charge in [0, 0.05) is 24.7 Å². The van der Waals surface area contributed by atoms with Gasteiger partial charge in [0.2, 0.25) is 10.0 Å². The van der Waals surface area contributed by atoms with Crippen molar-refractivity contribution in [3.8, 4) is 0 Å². The van der Waals surface area contributed by atoms with Gasteiger partial charge in [0.05, 0.1) is 11.1 Å². The predicted octanol–water partition coefficient (Wildman–Crippen LogP) is 2.30. The summed E-state index contributed by atoms with van der Waals surface area (Å²) in [7, 11) is -2.08. The van der Waals surface area contributed by atoms with Crippen molar-refractivity contribution in [1.82, 2.24) is 4.72 Å². The van der Waals surface area contributed by atoms with E-state index in [0.29, 0.717) is 17.0 Å². The van der Waals surface area contributed by atoms with E-state index in [1.165, 1.54) is 12.1 Å². The molecule has 0 aromatic heterocycles. The van der Waals surface area contributed by atoms with Crippen LogP contribution in [0.15, 0.2) is 17.0 Å². The van der Waals surface area contributed by atoms with E-state index in [1.54, 1.807) is 7.11 Å². The van der Waals surface area contributed by atoms with Crippen molar-refractivity contribution in [3.63, 3.8) is 0 Å². The Labute approximate surface area is 134 Å². The number of benzene rings is 1. The molecule has 3 N–H and O–H groups in total. The molecule has 5 nitrogen and oxygen atoms in total. The van der Waals surface area contributed by atoms with Crippen LogP contribution in [0.25, 0.3) is 0 Å². The maximum Gasteiger partial charge on any atom is 0.242 e. The van der Waals surface area contributed by atoms with Gasteiger partial charge in [-0.2, -0.15) is 0 Å². The number of ether oxygens (including phenoxy) is 1. The van der Waals surface area contributed by atoms with Crippen LogP contribution in [0.4, 0.5) is 0 Å². The van der Waals surface area contributed by atoms with Gasteiger partial charge < -0.3 is 10.5 Å². The molecule has 2 atom stereocenters. The fourth-order valence-corrected chi connectivity index (χ4v) is 4.64. The lowest BCUT2D eigenvalue weighted by Crippen LogP contribution is -2.33. The van der Waals surface area contributed by atoms with Crippen LogP contribution in [-0.4, -0.2) is 27.7 Å². The normalized spacial score (nSPS) is 22.7. The highest BCUT2D eigenvalue weighted by atomic mass is 35.5. The Hall–Kier alpha value is -0.370. The molecular weight excluding hydrogens is 335 g/mol. The van der Waals surface area contributed by atoms with Gasteiger partial charge in [-0.05, 0) is 37.0 Å². The molecule has 118 valence electrons. The largest absolute Gasteiger partial charge is 0.381 e. The summed E-state index contributed by atoms with van der Waals surface area (Å²) >= 11 is 12.0. The molecule has 0 amide bonds. The van der Waals surface area contributed by atoms with Crippen LogP contribution >= 0.6 is 23.2 Å². The van der Waals surface area contributed by atoms with E-state index in [2.05, 4.69) is 4.72 Å². The van der Waals surface area contributed by atoms with Crippen LogP contribution in [0.2, 0.25) is 10.0 Å². The molecule has 1 saturated carbocycles. The average Bonchev–Trinajstić information content (AvgIpc) is 2.85. The molecule has 1 aromatic rings. The lowest BCUT2D eigenvalue weighted by atomic mass is 10.2. The molecule has 0 bridgehead atoms. The van der Waals surface area contributed by atoms with Crippen molar-refractivity contribution in [2.24, 2.45) is 5.73 Å². The summed E-state index contributed by atoms with van der Waals surface area (Å²) in [4.78, 5) is 0.00915. The number of methoxy groups -OCH3 is 1. The van der Waals surface area contributed by atoms with E-state index < -0.39 is 10.0 Å². The Balaban J connectivity index is 2.24. The van der Waals surface area contributed by atoms with Crippen LogP contribution < -0.4 is 10.5 Å². The Bertz CT molecular complexity index is 622. The second-order valence-corrected chi connectivity index (χ2v) is 7.56. The van der Waals surface area contributed by atoms with E-state index in [1.807, 2.05) is 0 Å². The Kier molecular flexibility index (Phi) is 5.51. The second-order valence-electron chi connectivity index (χ2n) is 5.07. The number of nitrogens with one attached hydrogen (secondary N) is 1. The highest BCUT2D eigenvalue weighted by molar-refractivity contribution is 7.89. The standard InChI is InChI=1S/C13H18Cl2N2O3S/c1-20-10-3-2-9(5-10)17-21(18,19)13-4-8(7-16)11(14)6-12(13)15/h4,6,9-10,17H,2-3,5,7,16H2,1H3. The van der Waals surface area contributed by atoms with Gasteiger partial charge in [0.1, 0.15) is 4.90 Å². The molecule has 0 radical (unpaired) electrons. The highest BCUT2D eigenvalue weighted by Crippen LogP contribution is 2.30. The summed E-state index contributed by atoms with van der Waals surface area (Å²) in [5.74, 6) is 0. The smallest absolute Gasteiger partial charge is 0.242 e. The first kappa shape index (κ1) is 17.0. The first-order chi connectivity index (χ1) is 9.87. The van der Waals surface area contributed by atoms with Crippen molar-refractivity contribution in [3.05, 3.63) is 27.7 Å². The van der Waals surface area contributed by atoms with Gasteiger partial charge in [0.25, 0.3) is 0 Å². The van der Waals surface area contributed by atoms with Crippen molar-refractivity contribution in [2.45, 2.75) is 42.8 Å². The number of sulfonamides is 1. The number of rotatable bonds is 5. The third-order valence-electron chi connectivity index (χ3n) is 3.65. The van der Waals surface area contributed by atoms with E-state index in [4.69, 9.17) is 33.7 Å². The number of halogens is 2. The highest BCUT2D eigenvalue weighted by Gasteiger charge is 2.30. The number of hydrogen-bond acceptors (Lipinski definition) is 4. The lowest BCUT2D eigenvalue weighted by Gasteiger charge is -2.15. The van der Waals surface area contributed by atoms with E-state index >= 15 is 0 Å². The number of hydrogen-bond donors (Lipinski definition) is 2. The van der Waals surface area contributed by atoms with Crippen LogP contribution in [0.5, 0.6) is 0 Å². The first-order valence-electron chi connectivity index (χ1n) is 6.60. The molecule has 1 aliphatic carbocycles. The molecule has 2 rings (SSSR count). The molecular formula is C13H18Cl2N2O3S. The third kappa shape index (κ3) is 3.88. The van der Waals surface area contributed by atoms with Crippen LogP contribution in [0.3, 0.4) is 0 Å². The maximum atomic E-state index is 12.5. The summed E-state index contributed by atoms with van der Waals surface area (Å²) < 4.78 is 32.8. The lowest BCUT2D eigenvalue weighted by molar-refractivity contribution is 0.107. The fraction of sp³-hybridized carbons (Fsp3) is 0.538. The summed E-state index contributed by atoms with van der Waals surface area (Å²) in [6.45, 7) is 0.147. The predicted molar refractivity (Wildman–Crippen MR) is 83.1 cm³/mol. The molecule has 1 aromatic carbocycles. The Morgan fingerprint density at radius 1 is 1.33 bits per heavy atom. The first-order valence-corrected chi connectivity index (χ1v) is 8.84. The zero-order valence-corrected chi connectivity index (χ0v) is 13.9. The molecule has 8 heteroatoms. The summed E-state index contributed by atoms with van der Waals surface area (Å²) in [5, 5.41) is 0.452. The van der Waals surface area contributed by atoms with Gasteiger partial charge in [-0.15, -0.1) is 0 Å². The second kappa shape index (κ2) is 6.81. The molecule has 1 aliphatic rings. The van der Waals surface area contributed by atoms with E-state index in [0.717, 1.165) is 12.8 Å². The minimum atomic E-state index is -3.71. The van der Waals surface area contributed by atoms with Crippen molar-refractivity contribution >= 4 is 33.2 Å². The third-order valence-corrected chi connectivity index (χ3v) is 5.99. The minimum absolute atomic E-state index is 0.00915. The fourth-order valence-electron chi connectivity index (χ4n) is 2.48. The van der Waals surface area contributed by atoms with Crippen molar-refractivity contribution in [2.75, 3.05) is 7.11 Å². The number of nitrogens with two attached hydrogens (primary N) is 1. The van der Waals surface area contributed by atoms with Gasteiger partial charge in [0.15, 0.2) is 0 Å². The molecule has 0 aliphatic heterocycles. The Morgan fingerprint density at radius 2 is 2.05 bits per heavy atom. The van der Waals surface area contributed by atoms with E-state index in [-0.39, 0.29) is 28.6 Å². The van der Waals surface area contributed by atoms with Crippen molar-refractivity contribution < 1.29 is 13.2 Å². The summed E-state index contributed by atoms with van der Waals surface area (Å²) in [5.41, 5.74) is 6.10. The zero-order chi connectivity index (χ0) is 15.6. The molecule has 2 unspecified atom stereocenters. The summed E-state index contributed by atoms with van der Waals surface area (Å²) in [6, 6.07) is 2.69. The van der Waals surface area contributed by atoms with Gasteiger partial charge in [-0.25, -0.2) is 13.1 Å². The molecule has 0 spiro atoms. The van der Waals surface area contributed by atoms with Gasteiger partial charge in [-0.3, -0.25) is 0 Å². The Morgan fingerprint density at radius 3 is 2.62 bits per heavy atom. The minimum Gasteiger partial charge on any atom is -0.381 e. The summed E-state index contributed by atoms with van der Waals surface area (Å²) in [6.07, 6.45) is 2.33. The molecule has 1 fully saturated rings. The average molecular weight is 353 g/mol. The molecule has 0 saturated heterocycles. The molecule has 0 heterocycles. The maximum absolute atomic E-state index is 12.5. The van der Waals surface area contributed by atoms with Crippen LogP contribution in [0, 0.1) is 0 Å².